The quantitative estimate of drug-likeness (QED) is 0.480. The topological polar surface area (TPSA) is 74.1 Å². The predicted octanol–water partition coefficient (Wildman–Crippen LogP) is 5.36. The summed E-state index contributed by atoms with van der Waals surface area (Å²) in [6, 6.07) is 14.0. The summed E-state index contributed by atoms with van der Waals surface area (Å²) >= 11 is 13.6. The van der Waals surface area contributed by atoms with Crippen molar-refractivity contribution >= 4 is 49.5 Å². The lowest BCUT2D eigenvalue weighted by Crippen LogP contribution is -2.39. The van der Waals surface area contributed by atoms with Gasteiger partial charge in [0.05, 0.1) is 31.4 Å². The van der Waals surface area contributed by atoms with Crippen LogP contribution in [0.4, 0.5) is 5.13 Å². The summed E-state index contributed by atoms with van der Waals surface area (Å²) in [5, 5.41) is 12.7. The number of nitriles is 1. The monoisotopic (exact) mass is 491 g/mol. The Hall–Kier alpha value is -2.11. The number of anilines is 1. The molecular weight excluding hydrogens is 473 g/mol. The molecule has 0 N–H and O–H groups in total. The summed E-state index contributed by atoms with van der Waals surface area (Å²) in [4.78, 5) is 6.99. The summed E-state index contributed by atoms with van der Waals surface area (Å²) in [5.41, 5.74) is 2.18. The minimum atomic E-state index is -3.54. The van der Waals surface area contributed by atoms with Gasteiger partial charge < -0.3 is 4.90 Å². The van der Waals surface area contributed by atoms with Gasteiger partial charge in [0.1, 0.15) is 6.07 Å². The molecule has 1 fully saturated rings. The van der Waals surface area contributed by atoms with Crippen LogP contribution >= 0.6 is 34.5 Å². The average Bonchev–Trinajstić information content (AvgIpc) is 3.25. The molecule has 4 rings (SSSR count). The van der Waals surface area contributed by atoms with Crippen molar-refractivity contribution in [2.75, 3.05) is 18.0 Å². The Kier molecular flexibility index (Phi) is 6.54. The Morgan fingerprint density at radius 3 is 2.58 bits per heavy atom. The zero-order chi connectivity index (χ0) is 22.0. The van der Waals surface area contributed by atoms with Crippen molar-refractivity contribution in [2.24, 2.45) is 0 Å². The van der Waals surface area contributed by atoms with Crippen molar-refractivity contribution in [2.45, 2.75) is 29.4 Å². The van der Waals surface area contributed by atoms with Crippen LogP contribution in [0.15, 0.2) is 52.7 Å². The van der Waals surface area contributed by atoms with E-state index < -0.39 is 15.1 Å². The maximum Gasteiger partial charge on any atom is 0.185 e. The van der Waals surface area contributed by atoms with E-state index in [0.717, 1.165) is 16.4 Å². The van der Waals surface area contributed by atoms with Gasteiger partial charge in [0.15, 0.2) is 15.0 Å². The van der Waals surface area contributed by atoms with Gasteiger partial charge in [-0.15, -0.1) is 11.3 Å². The van der Waals surface area contributed by atoms with E-state index in [4.69, 9.17) is 28.2 Å². The molecule has 1 aromatic heterocycles. The average molecular weight is 492 g/mol. The lowest BCUT2D eigenvalue weighted by atomic mass is 10.1. The van der Waals surface area contributed by atoms with E-state index in [-0.39, 0.29) is 10.5 Å². The van der Waals surface area contributed by atoms with E-state index in [1.54, 1.807) is 35.6 Å². The number of thiazole rings is 1. The zero-order valence-electron chi connectivity index (χ0n) is 16.5. The van der Waals surface area contributed by atoms with Crippen LogP contribution in [0.1, 0.15) is 29.7 Å². The molecule has 0 amide bonds. The van der Waals surface area contributed by atoms with E-state index in [1.807, 2.05) is 23.6 Å². The molecular formula is C22H19Cl2N3O2S2. The molecule has 1 aliphatic rings. The van der Waals surface area contributed by atoms with Gasteiger partial charge in [0.25, 0.3) is 0 Å². The van der Waals surface area contributed by atoms with Crippen LogP contribution in [-0.2, 0) is 16.3 Å². The highest BCUT2D eigenvalue weighted by Gasteiger charge is 2.33. The summed E-state index contributed by atoms with van der Waals surface area (Å²) in [7, 11) is -3.54. The Bertz CT molecular complexity index is 1240. The minimum Gasteiger partial charge on any atom is -0.348 e. The Balaban J connectivity index is 1.42. The fourth-order valence-corrected chi connectivity index (χ4v) is 6.80. The van der Waals surface area contributed by atoms with E-state index in [1.165, 1.54) is 6.07 Å². The van der Waals surface area contributed by atoms with E-state index in [9.17, 15) is 13.7 Å². The lowest BCUT2D eigenvalue weighted by molar-refractivity contribution is 0.529. The van der Waals surface area contributed by atoms with Gasteiger partial charge in [-0.2, -0.15) is 5.26 Å². The number of sulfone groups is 1. The SMILES string of the molecule is N#Cc1ccccc1S(=O)(=O)C1CCN(c2nc(Cc3ccc(Cl)c(Cl)c3)cs2)CC1. The molecule has 0 saturated carbocycles. The second-order valence-corrected chi connectivity index (χ2v) is 11.2. The third kappa shape index (κ3) is 4.73. The van der Waals surface area contributed by atoms with Crippen LogP contribution in [0.3, 0.4) is 0 Å². The van der Waals surface area contributed by atoms with E-state index >= 15 is 0 Å². The molecule has 0 spiro atoms. The first-order valence-corrected chi connectivity index (χ1v) is 12.9. The number of benzene rings is 2. The fourth-order valence-electron chi connectivity index (χ4n) is 3.73. The van der Waals surface area contributed by atoms with Gasteiger partial charge in [-0.1, -0.05) is 41.4 Å². The first kappa shape index (κ1) is 22.1. The molecule has 0 aliphatic carbocycles. The van der Waals surface area contributed by atoms with Crippen molar-refractivity contribution in [3.8, 4) is 6.07 Å². The van der Waals surface area contributed by atoms with Crippen molar-refractivity contribution in [3.63, 3.8) is 0 Å². The molecule has 31 heavy (non-hydrogen) atoms. The normalized spacial score (nSPS) is 15.1. The number of nitrogens with zero attached hydrogens (tertiary/aromatic N) is 3. The van der Waals surface area contributed by atoms with Gasteiger partial charge in [-0.3, -0.25) is 0 Å². The number of piperidine rings is 1. The smallest absolute Gasteiger partial charge is 0.185 e. The van der Waals surface area contributed by atoms with Crippen LogP contribution < -0.4 is 4.90 Å². The molecule has 5 nitrogen and oxygen atoms in total. The summed E-state index contributed by atoms with van der Waals surface area (Å²) in [5.74, 6) is 0. The van der Waals surface area contributed by atoms with Gasteiger partial charge in [-0.05, 0) is 42.7 Å². The minimum absolute atomic E-state index is 0.133. The molecule has 2 aromatic carbocycles. The van der Waals surface area contributed by atoms with Crippen molar-refractivity contribution in [1.82, 2.24) is 4.98 Å². The third-order valence-corrected chi connectivity index (χ3v) is 9.38. The van der Waals surface area contributed by atoms with Gasteiger partial charge in [0, 0.05) is 24.9 Å². The molecule has 3 aromatic rings. The molecule has 160 valence electrons. The lowest BCUT2D eigenvalue weighted by Gasteiger charge is -2.31. The fraction of sp³-hybridized carbons (Fsp3) is 0.273. The predicted molar refractivity (Wildman–Crippen MR) is 125 cm³/mol. The molecule has 0 unspecified atom stereocenters. The number of halogens is 2. The first-order valence-electron chi connectivity index (χ1n) is 9.75. The van der Waals surface area contributed by atoms with Crippen molar-refractivity contribution in [1.29, 1.82) is 5.26 Å². The Labute approximate surface area is 195 Å². The van der Waals surface area contributed by atoms with Crippen LogP contribution in [0.25, 0.3) is 0 Å². The second kappa shape index (κ2) is 9.17. The molecule has 0 radical (unpaired) electrons. The highest BCUT2D eigenvalue weighted by atomic mass is 35.5. The molecule has 2 heterocycles. The summed E-state index contributed by atoms with van der Waals surface area (Å²) in [6.45, 7) is 1.22. The van der Waals surface area contributed by atoms with Crippen LogP contribution in [0.5, 0.6) is 0 Å². The molecule has 0 atom stereocenters. The second-order valence-electron chi connectivity index (χ2n) is 7.39. The van der Waals surface area contributed by atoms with Gasteiger partial charge in [-0.25, -0.2) is 13.4 Å². The summed E-state index contributed by atoms with van der Waals surface area (Å²) < 4.78 is 26.1. The number of rotatable bonds is 5. The maximum absolute atomic E-state index is 13.1. The highest BCUT2D eigenvalue weighted by molar-refractivity contribution is 7.92. The number of hydrogen-bond acceptors (Lipinski definition) is 6. The highest BCUT2D eigenvalue weighted by Crippen LogP contribution is 2.31. The molecule has 1 saturated heterocycles. The maximum atomic E-state index is 13.1. The largest absolute Gasteiger partial charge is 0.348 e. The van der Waals surface area contributed by atoms with Gasteiger partial charge >= 0.3 is 0 Å². The molecule has 1 aliphatic heterocycles. The summed E-state index contributed by atoms with van der Waals surface area (Å²) in [6.07, 6.45) is 1.66. The first-order chi connectivity index (χ1) is 14.9. The van der Waals surface area contributed by atoms with Crippen molar-refractivity contribution < 1.29 is 8.42 Å². The van der Waals surface area contributed by atoms with Crippen LogP contribution in [0, 0.1) is 11.3 Å². The van der Waals surface area contributed by atoms with E-state index in [0.29, 0.717) is 42.4 Å². The van der Waals surface area contributed by atoms with Crippen molar-refractivity contribution in [3.05, 3.63) is 74.7 Å². The van der Waals surface area contributed by atoms with Crippen LogP contribution in [-0.4, -0.2) is 31.7 Å². The standard InChI is InChI=1S/C22H19Cl2N3O2S2/c23-19-6-5-15(12-20(19)24)11-17-14-30-22(26-17)27-9-7-18(8-10-27)31(28,29)21-4-2-1-3-16(21)13-25/h1-6,12,14,18H,7-11H2. The third-order valence-electron chi connectivity index (χ3n) is 5.37. The Morgan fingerprint density at radius 1 is 1.13 bits per heavy atom. The zero-order valence-corrected chi connectivity index (χ0v) is 19.6. The van der Waals surface area contributed by atoms with E-state index in [2.05, 4.69) is 4.90 Å². The Morgan fingerprint density at radius 2 is 1.87 bits per heavy atom. The molecule has 0 bridgehead atoms. The van der Waals surface area contributed by atoms with Crippen LogP contribution in [0.2, 0.25) is 10.0 Å². The number of aromatic nitrogens is 1. The number of hydrogen-bond donors (Lipinski definition) is 0. The van der Waals surface area contributed by atoms with Gasteiger partial charge in [0.2, 0.25) is 0 Å². The molecule has 9 heteroatoms.